The number of hydrogen-bond acceptors (Lipinski definition) is 3. The molecule has 0 aliphatic carbocycles. The molecule has 1 aromatic rings. The van der Waals surface area contributed by atoms with Gasteiger partial charge in [-0.15, -0.1) is 0 Å². The van der Waals surface area contributed by atoms with Gasteiger partial charge in [-0.25, -0.2) is 21.6 Å². The average molecular weight is 239 g/mol. The van der Waals surface area contributed by atoms with Crippen LogP contribution in [0.2, 0.25) is 0 Å². The second-order valence-corrected chi connectivity index (χ2v) is 4.87. The number of benzene rings is 1. The van der Waals surface area contributed by atoms with Gasteiger partial charge in [-0.1, -0.05) is 0 Å². The summed E-state index contributed by atoms with van der Waals surface area (Å²) in [6, 6.07) is 2.79. The van der Waals surface area contributed by atoms with Crippen LogP contribution in [0.3, 0.4) is 0 Å². The van der Waals surface area contributed by atoms with E-state index in [4.69, 9.17) is 5.73 Å². The number of nitrogen functional groups attached to an aromatic ring is 1. The maximum Gasteiger partial charge on any atom is 0.252 e. The molecule has 0 heterocycles. The molecule has 0 aliphatic rings. The van der Waals surface area contributed by atoms with Crippen molar-refractivity contribution in [1.82, 2.24) is 0 Å². The first-order valence-electron chi connectivity index (χ1n) is 3.89. The second-order valence-electron chi connectivity index (χ2n) is 2.86. The lowest BCUT2D eigenvalue weighted by atomic mass is 10.3. The molecule has 0 amide bonds. The fourth-order valence-electron chi connectivity index (χ4n) is 1.02. The van der Waals surface area contributed by atoms with Crippen LogP contribution in [0.1, 0.15) is 0 Å². The van der Waals surface area contributed by atoms with E-state index in [0.29, 0.717) is 0 Å². The Balaban J connectivity index is 3.16. The summed E-state index contributed by atoms with van der Waals surface area (Å²) in [5, 5.41) is 0. The lowest BCUT2D eigenvalue weighted by Gasteiger charge is -2.05. The van der Waals surface area contributed by atoms with E-state index in [0.717, 1.165) is 18.2 Å². The number of sulfone groups is 1. The third-order valence-electron chi connectivity index (χ3n) is 1.64. The largest absolute Gasteiger partial charge is 0.399 e. The minimum absolute atomic E-state index is 0.0310. The molecular weight excluding hydrogens is 231 g/mol. The van der Waals surface area contributed by atoms with Crippen LogP contribution in [0, 0.1) is 5.82 Å². The second kappa shape index (κ2) is 4.09. The van der Waals surface area contributed by atoms with Crippen LogP contribution in [-0.2, 0) is 9.84 Å². The standard InChI is InChI=1S/C8H8F3NO2S/c9-6-3-5(12)1-2-7(6)15(13,14)4-8(10)11/h1-3,8H,4,12H2. The number of anilines is 1. The molecule has 0 aliphatic heterocycles. The first-order valence-corrected chi connectivity index (χ1v) is 5.54. The number of nitrogens with two attached hydrogens (primary N) is 1. The normalized spacial score (nSPS) is 12.0. The van der Waals surface area contributed by atoms with E-state index in [-0.39, 0.29) is 5.69 Å². The van der Waals surface area contributed by atoms with Crippen LogP contribution in [0.15, 0.2) is 23.1 Å². The van der Waals surface area contributed by atoms with E-state index in [2.05, 4.69) is 0 Å². The predicted octanol–water partition coefficient (Wildman–Crippen LogP) is 1.45. The van der Waals surface area contributed by atoms with Gasteiger partial charge >= 0.3 is 0 Å². The molecule has 15 heavy (non-hydrogen) atoms. The summed E-state index contributed by atoms with van der Waals surface area (Å²) >= 11 is 0. The molecule has 0 radical (unpaired) electrons. The maximum atomic E-state index is 13.1. The van der Waals surface area contributed by atoms with Gasteiger partial charge in [0.25, 0.3) is 6.43 Å². The molecule has 0 fully saturated rings. The Bertz CT molecular complexity index is 459. The zero-order chi connectivity index (χ0) is 11.6. The van der Waals surface area contributed by atoms with Crippen LogP contribution in [0.4, 0.5) is 18.9 Å². The zero-order valence-electron chi connectivity index (χ0n) is 7.45. The van der Waals surface area contributed by atoms with E-state index >= 15 is 0 Å². The van der Waals surface area contributed by atoms with Crippen molar-refractivity contribution in [3.05, 3.63) is 24.0 Å². The molecule has 0 unspecified atom stereocenters. The maximum absolute atomic E-state index is 13.1. The number of halogens is 3. The monoisotopic (exact) mass is 239 g/mol. The topological polar surface area (TPSA) is 60.2 Å². The molecule has 1 aromatic carbocycles. The summed E-state index contributed by atoms with van der Waals surface area (Å²) in [5.74, 6) is -2.51. The molecule has 1 rings (SSSR count). The third-order valence-corrected chi connectivity index (χ3v) is 3.33. The molecule has 7 heteroatoms. The Morgan fingerprint density at radius 3 is 2.40 bits per heavy atom. The Morgan fingerprint density at radius 2 is 1.93 bits per heavy atom. The molecule has 0 saturated carbocycles. The molecule has 0 saturated heterocycles. The van der Waals surface area contributed by atoms with Crippen molar-refractivity contribution < 1.29 is 21.6 Å². The first-order chi connectivity index (χ1) is 6.83. The average Bonchev–Trinajstić information content (AvgIpc) is 1.99. The van der Waals surface area contributed by atoms with Gasteiger partial charge in [0, 0.05) is 5.69 Å². The molecular formula is C8H8F3NO2S. The van der Waals surface area contributed by atoms with Crippen molar-refractivity contribution >= 4 is 15.5 Å². The van der Waals surface area contributed by atoms with Crippen molar-refractivity contribution in [3.63, 3.8) is 0 Å². The van der Waals surface area contributed by atoms with Gasteiger partial charge in [0.15, 0.2) is 9.84 Å². The van der Waals surface area contributed by atoms with Gasteiger partial charge in [0.05, 0.1) is 0 Å². The lowest BCUT2D eigenvalue weighted by Crippen LogP contribution is -2.15. The highest BCUT2D eigenvalue weighted by atomic mass is 32.2. The van der Waals surface area contributed by atoms with Crippen molar-refractivity contribution in [2.75, 3.05) is 11.5 Å². The first kappa shape index (κ1) is 11.8. The Hall–Kier alpha value is -1.24. The summed E-state index contributed by atoms with van der Waals surface area (Å²) in [6.45, 7) is 0. The minimum Gasteiger partial charge on any atom is -0.399 e. The fraction of sp³-hybridized carbons (Fsp3) is 0.250. The highest BCUT2D eigenvalue weighted by molar-refractivity contribution is 7.91. The summed E-state index contributed by atoms with van der Waals surface area (Å²) in [4.78, 5) is -0.753. The highest BCUT2D eigenvalue weighted by Gasteiger charge is 2.23. The van der Waals surface area contributed by atoms with Crippen LogP contribution in [0.5, 0.6) is 0 Å². The Labute approximate surface area is 84.6 Å². The van der Waals surface area contributed by atoms with Gasteiger partial charge in [-0.3, -0.25) is 0 Å². The molecule has 0 aromatic heterocycles. The van der Waals surface area contributed by atoms with Gasteiger partial charge in [-0.2, -0.15) is 0 Å². The molecule has 0 atom stereocenters. The lowest BCUT2D eigenvalue weighted by molar-refractivity contribution is 0.174. The fourth-order valence-corrected chi connectivity index (χ4v) is 2.17. The molecule has 3 nitrogen and oxygen atoms in total. The van der Waals surface area contributed by atoms with Gasteiger partial charge in [-0.05, 0) is 18.2 Å². The summed E-state index contributed by atoms with van der Waals surface area (Å²) in [5.41, 5.74) is 5.22. The highest BCUT2D eigenvalue weighted by Crippen LogP contribution is 2.19. The molecule has 0 bridgehead atoms. The van der Waals surface area contributed by atoms with Crippen LogP contribution >= 0.6 is 0 Å². The molecule has 84 valence electrons. The van der Waals surface area contributed by atoms with Gasteiger partial charge in [0.2, 0.25) is 0 Å². The van der Waals surface area contributed by atoms with Crippen LogP contribution in [-0.4, -0.2) is 20.6 Å². The van der Waals surface area contributed by atoms with Crippen LogP contribution < -0.4 is 5.73 Å². The number of rotatable bonds is 3. The number of alkyl halides is 2. The SMILES string of the molecule is Nc1ccc(S(=O)(=O)CC(F)F)c(F)c1. The third kappa shape index (κ3) is 2.85. The summed E-state index contributed by atoms with van der Waals surface area (Å²) in [7, 11) is -4.29. The van der Waals surface area contributed by atoms with E-state index in [1.165, 1.54) is 0 Å². The number of hydrogen-bond donors (Lipinski definition) is 1. The molecule has 2 N–H and O–H groups in total. The summed E-state index contributed by atoms with van der Waals surface area (Å²) < 4.78 is 59.3. The van der Waals surface area contributed by atoms with Crippen molar-refractivity contribution in [2.45, 2.75) is 11.3 Å². The molecule has 0 spiro atoms. The predicted molar refractivity (Wildman–Crippen MR) is 48.9 cm³/mol. The minimum atomic E-state index is -4.29. The van der Waals surface area contributed by atoms with Crippen molar-refractivity contribution in [2.24, 2.45) is 0 Å². The quantitative estimate of drug-likeness (QED) is 0.812. The van der Waals surface area contributed by atoms with Gasteiger partial charge in [0.1, 0.15) is 16.5 Å². The summed E-state index contributed by atoms with van der Waals surface area (Å²) in [6.07, 6.45) is -3.04. The van der Waals surface area contributed by atoms with E-state index in [1.54, 1.807) is 0 Å². The van der Waals surface area contributed by atoms with E-state index in [9.17, 15) is 21.6 Å². The van der Waals surface area contributed by atoms with E-state index in [1.807, 2.05) is 0 Å². The Morgan fingerprint density at radius 1 is 1.33 bits per heavy atom. The Kier molecular flexibility index (Phi) is 3.23. The van der Waals surface area contributed by atoms with Crippen molar-refractivity contribution in [1.29, 1.82) is 0 Å². The van der Waals surface area contributed by atoms with Gasteiger partial charge < -0.3 is 5.73 Å². The van der Waals surface area contributed by atoms with Crippen molar-refractivity contribution in [3.8, 4) is 0 Å². The smallest absolute Gasteiger partial charge is 0.252 e. The van der Waals surface area contributed by atoms with E-state index < -0.39 is 32.7 Å². The zero-order valence-corrected chi connectivity index (χ0v) is 8.27. The van der Waals surface area contributed by atoms with Crippen LogP contribution in [0.25, 0.3) is 0 Å².